The predicted molar refractivity (Wildman–Crippen MR) is 52.1 cm³/mol. The summed E-state index contributed by atoms with van der Waals surface area (Å²) >= 11 is 5.54. The second kappa shape index (κ2) is 4.76. The summed E-state index contributed by atoms with van der Waals surface area (Å²) in [5.74, 6) is -1.42. The van der Waals surface area contributed by atoms with Gasteiger partial charge in [0.15, 0.2) is 0 Å². The number of halogens is 2. The summed E-state index contributed by atoms with van der Waals surface area (Å²) in [6, 6.07) is 3.87. The number of esters is 1. The minimum absolute atomic E-state index is 0.0225. The Morgan fingerprint density at radius 3 is 2.87 bits per heavy atom. The molecule has 0 atom stereocenters. The molecule has 15 heavy (non-hydrogen) atoms. The summed E-state index contributed by atoms with van der Waals surface area (Å²) in [4.78, 5) is 11.3. The van der Waals surface area contributed by atoms with Crippen LogP contribution in [-0.4, -0.2) is 12.6 Å². The maximum absolute atomic E-state index is 13.0. The lowest BCUT2D eigenvalue weighted by Crippen LogP contribution is -2.07. The number of hydrogen-bond donors (Lipinski definition) is 0. The van der Waals surface area contributed by atoms with Crippen LogP contribution in [-0.2, 0) is 4.74 Å². The van der Waals surface area contributed by atoms with Crippen LogP contribution in [0.3, 0.4) is 0 Å². The summed E-state index contributed by atoms with van der Waals surface area (Å²) in [6.45, 7) is 1.81. The van der Waals surface area contributed by atoms with Crippen LogP contribution in [0.5, 0.6) is 0 Å². The highest BCUT2D eigenvalue weighted by molar-refractivity contribution is 6.32. The highest BCUT2D eigenvalue weighted by atomic mass is 35.5. The summed E-state index contributed by atoms with van der Waals surface area (Å²) in [5.41, 5.74) is -0.221. The number of ether oxygens (including phenoxy) is 1. The molecule has 0 amide bonds. The molecule has 0 aliphatic heterocycles. The van der Waals surface area contributed by atoms with Gasteiger partial charge in [0.05, 0.1) is 22.8 Å². The molecular weight excluding hydrogens is 221 g/mol. The Morgan fingerprint density at radius 2 is 2.33 bits per heavy atom. The van der Waals surface area contributed by atoms with E-state index in [-0.39, 0.29) is 22.8 Å². The Kier molecular flexibility index (Phi) is 3.64. The van der Waals surface area contributed by atoms with Crippen molar-refractivity contribution in [2.75, 3.05) is 6.61 Å². The Balaban J connectivity index is 3.26. The SMILES string of the molecule is CCOC(=O)c1ccc(F)c(Cl)c1C#N. The van der Waals surface area contributed by atoms with Gasteiger partial charge < -0.3 is 4.74 Å². The Labute approximate surface area is 91.0 Å². The van der Waals surface area contributed by atoms with E-state index in [0.717, 1.165) is 6.07 Å². The Hall–Kier alpha value is -1.60. The Bertz CT molecular complexity index is 440. The molecule has 1 aromatic rings. The van der Waals surface area contributed by atoms with Gasteiger partial charge in [-0.15, -0.1) is 0 Å². The second-order valence-electron chi connectivity index (χ2n) is 2.62. The van der Waals surface area contributed by atoms with Crippen LogP contribution < -0.4 is 0 Å². The average Bonchev–Trinajstić information content (AvgIpc) is 2.22. The van der Waals surface area contributed by atoms with Crippen molar-refractivity contribution >= 4 is 17.6 Å². The van der Waals surface area contributed by atoms with Gasteiger partial charge in [0.1, 0.15) is 11.9 Å². The molecule has 0 saturated heterocycles. The molecule has 0 bridgehead atoms. The van der Waals surface area contributed by atoms with Gasteiger partial charge in [0, 0.05) is 0 Å². The van der Waals surface area contributed by atoms with Crippen LogP contribution >= 0.6 is 11.6 Å². The van der Waals surface area contributed by atoms with Gasteiger partial charge in [0.2, 0.25) is 0 Å². The van der Waals surface area contributed by atoms with Crippen LogP contribution in [0.25, 0.3) is 0 Å². The van der Waals surface area contributed by atoms with E-state index < -0.39 is 11.8 Å². The van der Waals surface area contributed by atoms with Crippen molar-refractivity contribution in [2.45, 2.75) is 6.92 Å². The quantitative estimate of drug-likeness (QED) is 0.730. The van der Waals surface area contributed by atoms with E-state index in [4.69, 9.17) is 21.6 Å². The topological polar surface area (TPSA) is 50.1 Å². The molecule has 0 aromatic heterocycles. The van der Waals surface area contributed by atoms with E-state index in [2.05, 4.69) is 0 Å². The molecule has 0 aliphatic rings. The molecule has 1 rings (SSSR count). The van der Waals surface area contributed by atoms with Crippen molar-refractivity contribution in [1.82, 2.24) is 0 Å². The van der Waals surface area contributed by atoms with Gasteiger partial charge >= 0.3 is 5.97 Å². The van der Waals surface area contributed by atoms with Crippen molar-refractivity contribution in [3.8, 4) is 6.07 Å². The van der Waals surface area contributed by atoms with Gasteiger partial charge in [-0.25, -0.2) is 9.18 Å². The first-order valence-corrected chi connectivity index (χ1v) is 4.54. The molecule has 78 valence electrons. The van der Waals surface area contributed by atoms with E-state index >= 15 is 0 Å². The zero-order valence-corrected chi connectivity index (χ0v) is 8.64. The molecule has 0 radical (unpaired) electrons. The highest BCUT2D eigenvalue weighted by Gasteiger charge is 2.17. The predicted octanol–water partition coefficient (Wildman–Crippen LogP) is 2.53. The third kappa shape index (κ3) is 2.25. The van der Waals surface area contributed by atoms with Crippen LogP contribution in [0.15, 0.2) is 12.1 Å². The molecule has 0 unspecified atom stereocenters. The number of benzene rings is 1. The number of nitriles is 1. The zero-order valence-electron chi connectivity index (χ0n) is 7.88. The smallest absolute Gasteiger partial charge is 0.339 e. The fourth-order valence-electron chi connectivity index (χ4n) is 1.04. The average molecular weight is 228 g/mol. The maximum Gasteiger partial charge on any atom is 0.339 e. The van der Waals surface area contributed by atoms with Crippen molar-refractivity contribution in [2.24, 2.45) is 0 Å². The van der Waals surface area contributed by atoms with Crippen LogP contribution in [0.1, 0.15) is 22.8 Å². The third-order valence-electron chi connectivity index (χ3n) is 1.70. The minimum Gasteiger partial charge on any atom is -0.462 e. The number of carbonyl (C=O) groups excluding carboxylic acids is 1. The Morgan fingerprint density at radius 1 is 1.67 bits per heavy atom. The van der Waals surface area contributed by atoms with E-state index in [0.29, 0.717) is 0 Å². The minimum atomic E-state index is -0.735. The summed E-state index contributed by atoms with van der Waals surface area (Å²) < 4.78 is 17.7. The standard InChI is InChI=1S/C10H7ClFNO2/c1-2-15-10(14)6-3-4-8(12)9(11)7(6)5-13/h3-4H,2H2,1H3. The monoisotopic (exact) mass is 227 g/mol. The zero-order chi connectivity index (χ0) is 11.4. The van der Waals surface area contributed by atoms with Crippen LogP contribution in [0.2, 0.25) is 5.02 Å². The van der Waals surface area contributed by atoms with Crippen molar-refractivity contribution in [1.29, 1.82) is 5.26 Å². The molecule has 0 fully saturated rings. The summed E-state index contributed by atoms with van der Waals surface area (Å²) in [5, 5.41) is 8.37. The number of hydrogen-bond acceptors (Lipinski definition) is 3. The summed E-state index contributed by atoms with van der Waals surface area (Å²) in [6.07, 6.45) is 0. The van der Waals surface area contributed by atoms with Crippen molar-refractivity contribution < 1.29 is 13.9 Å². The van der Waals surface area contributed by atoms with Gasteiger partial charge in [0.25, 0.3) is 0 Å². The first-order valence-electron chi connectivity index (χ1n) is 4.17. The summed E-state index contributed by atoms with van der Waals surface area (Å²) in [7, 11) is 0. The first-order chi connectivity index (χ1) is 7.11. The fraction of sp³-hybridized carbons (Fsp3) is 0.200. The molecule has 5 heteroatoms. The third-order valence-corrected chi connectivity index (χ3v) is 2.07. The molecule has 3 nitrogen and oxygen atoms in total. The van der Waals surface area contributed by atoms with Gasteiger partial charge in [-0.2, -0.15) is 5.26 Å². The molecule has 0 spiro atoms. The lowest BCUT2D eigenvalue weighted by Gasteiger charge is -2.05. The molecular formula is C10H7ClFNO2. The van der Waals surface area contributed by atoms with E-state index in [1.54, 1.807) is 13.0 Å². The number of rotatable bonds is 2. The van der Waals surface area contributed by atoms with Gasteiger partial charge in [-0.05, 0) is 19.1 Å². The van der Waals surface area contributed by atoms with Crippen molar-refractivity contribution in [3.05, 3.63) is 34.1 Å². The molecule has 1 aromatic carbocycles. The lowest BCUT2D eigenvalue weighted by molar-refractivity contribution is 0.0526. The van der Waals surface area contributed by atoms with Crippen LogP contribution in [0, 0.1) is 17.1 Å². The van der Waals surface area contributed by atoms with Crippen molar-refractivity contribution in [3.63, 3.8) is 0 Å². The molecule has 0 N–H and O–H groups in total. The second-order valence-corrected chi connectivity index (χ2v) is 2.99. The van der Waals surface area contributed by atoms with E-state index in [1.807, 2.05) is 0 Å². The highest BCUT2D eigenvalue weighted by Crippen LogP contribution is 2.23. The van der Waals surface area contributed by atoms with E-state index in [9.17, 15) is 9.18 Å². The largest absolute Gasteiger partial charge is 0.462 e. The van der Waals surface area contributed by atoms with Gasteiger partial charge in [-0.1, -0.05) is 11.6 Å². The first kappa shape index (κ1) is 11.5. The van der Waals surface area contributed by atoms with Gasteiger partial charge in [-0.3, -0.25) is 0 Å². The molecule has 0 aliphatic carbocycles. The number of nitrogens with zero attached hydrogens (tertiary/aromatic N) is 1. The maximum atomic E-state index is 13.0. The fourth-order valence-corrected chi connectivity index (χ4v) is 1.25. The number of carbonyl (C=O) groups is 1. The van der Waals surface area contributed by atoms with E-state index in [1.165, 1.54) is 6.07 Å². The van der Waals surface area contributed by atoms with Crippen LogP contribution in [0.4, 0.5) is 4.39 Å². The molecule has 0 saturated carbocycles. The lowest BCUT2D eigenvalue weighted by atomic mass is 10.1. The molecule has 0 heterocycles. The normalized spacial score (nSPS) is 9.47.